The molecule has 176 valence electrons. The zero-order valence-corrected chi connectivity index (χ0v) is 20.6. The minimum absolute atomic E-state index is 0.0415. The van der Waals surface area contributed by atoms with Crippen molar-refractivity contribution in [3.05, 3.63) is 27.7 Å². The summed E-state index contributed by atoms with van der Waals surface area (Å²) in [5.74, 6) is -5.82. The molecular formula is C21H24BrClF2N2O4S. The summed E-state index contributed by atoms with van der Waals surface area (Å²) in [6, 6.07) is 4.41. The second kappa shape index (κ2) is 8.20. The van der Waals surface area contributed by atoms with Gasteiger partial charge in [0.25, 0.3) is 5.92 Å². The highest BCUT2D eigenvalue weighted by atomic mass is 79.9. The molecule has 4 rings (SSSR count). The third kappa shape index (κ3) is 4.68. The number of rotatable bonds is 5. The Kier molecular flexibility index (Phi) is 6.12. The molecule has 1 aromatic carbocycles. The van der Waals surface area contributed by atoms with Crippen molar-refractivity contribution in [1.82, 2.24) is 10.2 Å². The van der Waals surface area contributed by atoms with E-state index in [-0.39, 0.29) is 34.8 Å². The van der Waals surface area contributed by atoms with E-state index in [9.17, 15) is 26.8 Å². The average molecular weight is 554 g/mol. The first-order chi connectivity index (χ1) is 14.8. The molecule has 11 heteroatoms. The molecule has 0 radical (unpaired) electrons. The van der Waals surface area contributed by atoms with Crippen LogP contribution in [0.25, 0.3) is 0 Å². The van der Waals surface area contributed by atoms with Crippen molar-refractivity contribution in [2.75, 3.05) is 13.1 Å². The van der Waals surface area contributed by atoms with E-state index in [1.165, 1.54) is 12.1 Å². The van der Waals surface area contributed by atoms with E-state index >= 15 is 0 Å². The molecule has 32 heavy (non-hydrogen) atoms. The third-order valence-corrected chi connectivity index (χ3v) is 9.87. The summed E-state index contributed by atoms with van der Waals surface area (Å²) in [4.78, 5) is 27.2. The van der Waals surface area contributed by atoms with Gasteiger partial charge in [-0.15, -0.1) is 0 Å². The molecule has 0 aromatic heterocycles. The van der Waals surface area contributed by atoms with E-state index in [2.05, 4.69) is 21.2 Å². The van der Waals surface area contributed by atoms with E-state index in [0.29, 0.717) is 4.47 Å². The lowest BCUT2D eigenvalue weighted by Gasteiger charge is -2.25. The molecule has 6 nitrogen and oxygen atoms in total. The lowest BCUT2D eigenvalue weighted by Crippen LogP contribution is -2.44. The molecule has 0 bridgehead atoms. The average Bonchev–Trinajstić information content (AvgIpc) is 3.11. The summed E-state index contributed by atoms with van der Waals surface area (Å²) in [6.45, 7) is 1.07. The second-order valence-corrected chi connectivity index (χ2v) is 12.9. The van der Waals surface area contributed by atoms with Gasteiger partial charge in [0.05, 0.1) is 33.5 Å². The zero-order chi connectivity index (χ0) is 23.5. The predicted molar refractivity (Wildman–Crippen MR) is 118 cm³/mol. The molecule has 1 aliphatic heterocycles. The smallest absolute Gasteiger partial charge is 0.267 e. The van der Waals surface area contributed by atoms with Gasteiger partial charge in [-0.05, 0) is 50.8 Å². The van der Waals surface area contributed by atoms with E-state index in [0.717, 1.165) is 17.7 Å². The van der Waals surface area contributed by atoms with E-state index in [4.69, 9.17) is 11.6 Å². The maximum atomic E-state index is 13.7. The topological polar surface area (TPSA) is 83.5 Å². The lowest BCUT2D eigenvalue weighted by molar-refractivity contribution is -0.141. The van der Waals surface area contributed by atoms with Gasteiger partial charge in [0, 0.05) is 23.0 Å². The van der Waals surface area contributed by atoms with Crippen LogP contribution in [-0.2, 0) is 19.4 Å². The minimum Gasteiger partial charge on any atom is -0.351 e. The van der Waals surface area contributed by atoms with Gasteiger partial charge in [0.15, 0.2) is 9.84 Å². The van der Waals surface area contributed by atoms with Crippen LogP contribution in [0.4, 0.5) is 8.78 Å². The van der Waals surface area contributed by atoms with Crippen LogP contribution in [0, 0.1) is 11.8 Å². The number of hydrogen-bond donors (Lipinski definition) is 1. The second-order valence-electron chi connectivity index (χ2n) is 9.34. The summed E-state index contributed by atoms with van der Waals surface area (Å²) >= 11 is 9.41. The predicted octanol–water partition coefficient (Wildman–Crippen LogP) is 3.81. The Bertz CT molecular complexity index is 1060. The molecule has 3 aliphatic rings. The van der Waals surface area contributed by atoms with Crippen LogP contribution in [0.1, 0.15) is 39.0 Å². The molecule has 3 atom stereocenters. The Morgan fingerprint density at radius 3 is 2.41 bits per heavy atom. The molecule has 0 spiro atoms. The Hall–Kier alpha value is -1.26. The molecule has 1 heterocycles. The molecule has 3 fully saturated rings. The highest BCUT2D eigenvalue weighted by molar-refractivity contribution is 9.10. The van der Waals surface area contributed by atoms with Gasteiger partial charge in [-0.25, -0.2) is 17.2 Å². The fourth-order valence-corrected chi connectivity index (χ4v) is 7.42. The number of sulfone groups is 1. The van der Waals surface area contributed by atoms with Crippen LogP contribution in [0.3, 0.4) is 0 Å². The van der Waals surface area contributed by atoms with Crippen molar-refractivity contribution in [3.63, 3.8) is 0 Å². The SMILES string of the molecule is CC1(NC(=O)C2CC(S(=O)(=O)c3ccc(Br)cc3Cl)CC2C(=O)N2CCC(F)(F)C2)CC1. The number of hydrogen-bond acceptors (Lipinski definition) is 4. The van der Waals surface area contributed by atoms with Gasteiger partial charge < -0.3 is 10.2 Å². The van der Waals surface area contributed by atoms with Crippen LogP contribution < -0.4 is 5.32 Å². The molecule has 1 saturated heterocycles. The zero-order valence-electron chi connectivity index (χ0n) is 17.4. The standard InChI is InChI=1S/C21H24BrClF2N2O4S/c1-20(4-5-20)26-18(28)14-9-13(32(30,31)17-3-2-12(22)8-16(17)23)10-15(14)19(29)27-7-6-21(24,25)11-27/h2-3,8,13-15H,4-7,9-11H2,1H3,(H,26,28). The Morgan fingerprint density at radius 2 is 1.84 bits per heavy atom. The molecule has 2 aliphatic carbocycles. The molecule has 1 aromatic rings. The Labute approximate surface area is 199 Å². The molecule has 2 amide bonds. The largest absolute Gasteiger partial charge is 0.351 e. The Balaban J connectivity index is 1.61. The summed E-state index contributed by atoms with van der Waals surface area (Å²) in [7, 11) is -3.95. The number of likely N-dealkylation sites (tertiary alicyclic amines) is 1. The number of halogens is 4. The summed E-state index contributed by atoms with van der Waals surface area (Å²) in [6.07, 6.45) is 1.01. The maximum Gasteiger partial charge on any atom is 0.267 e. The number of carbonyl (C=O) groups excluding carboxylic acids is 2. The number of nitrogens with zero attached hydrogens (tertiary/aromatic N) is 1. The summed E-state index contributed by atoms with van der Waals surface area (Å²) < 4.78 is 54.7. The van der Waals surface area contributed by atoms with Crippen molar-refractivity contribution in [3.8, 4) is 0 Å². The highest BCUT2D eigenvalue weighted by Crippen LogP contribution is 2.43. The molecule has 1 N–H and O–H groups in total. The lowest BCUT2D eigenvalue weighted by atomic mass is 9.93. The normalized spacial score (nSPS) is 28.5. The maximum absolute atomic E-state index is 13.7. The van der Waals surface area contributed by atoms with Gasteiger partial charge in [0.1, 0.15) is 0 Å². The van der Waals surface area contributed by atoms with Gasteiger partial charge >= 0.3 is 0 Å². The summed E-state index contributed by atoms with van der Waals surface area (Å²) in [5, 5.41) is 1.94. The number of benzene rings is 1. The van der Waals surface area contributed by atoms with Crippen molar-refractivity contribution >= 4 is 49.2 Å². The number of carbonyl (C=O) groups is 2. The molecular weight excluding hydrogens is 530 g/mol. The fraction of sp³-hybridized carbons (Fsp3) is 0.619. The monoisotopic (exact) mass is 552 g/mol. The summed E-state index contributed by atoms with van der Waals surface area (Å²) in [5.41, 5.74) is -0.350. The molecule has 2 saturated carbocycles. The van der Waals surface area contributed by atoms with Gasteiger partial charge in [-0.1, -0.05) is 27.5 Å². The first kappa shape index (κ1) is 23.9. The van der Waals surface area contributed by atoms with Crippen LogP contribution in [-0.4, -0.2) is 54.9 Å². The van der Waals surface area contributed by atoms with E-state index in [1.807, 2.05) is 6.92 Å². The minimum atomic E-state index is -3.95. The third-order valence-electron chi connectivity index (χ3n) is 6.72. The number of nitrogens with one attached hydrogen (secondary N) is 1. The van der Waals surface area contributed by atoms with Gasteiger partial charge in [-0.2, -0.15) is 0 Å². The van der Waals surface area contributed by atoms with Gasteiger partial charge in [0.2, 0.25) is 11.8 Å². The van der Waals surface area contributed by atoms with E-state index in [1.54, 1.807) is 6.07 Å². The van der Waals surface area contributed by atoms with Crippen LogP contribution in [0.2, 0.25) is 5.02 Å². The van der Waals surface area contributed by atoms with Crippen molar-refractivity contribution in [2.45, 2.75) is 60.6 Å². The quantitative estimate of drug-likeness (QED) is 0.601. The van der Waals surface area contributed by atoms with Crippen molar-refractivity contribution in [1.29, 1.82) is 0 Å². The van der Waals surface area contributed by atoms with Crippen LogP contribution in [0.5, 0.6) is 0 Å². The first-order valence-electron chi connectivity index (χ1n) is 10.5. The Morgan fingerprint density at radius 1 is 1.19 bits per heavy atom. The highest BCUT2D eigenvalue weighted by Gasteiger charge is 2.52. The van der Waals surface area contributed by atoms with Crippen LogP contribution in [0.15, 0.2) is 27.6 Å². The van der Waals surface area contributed by atoms with Crippen molar-refractivity contribution in [2.24, 2.45) is 11.8 Å². The number of amides is 2. The van der Waals surface area contributed by atoms with E-state index < -0.39 is 57.6 Å². The first-order valence-corrected chi connectivity index (χ1v) is 13.2. The van der Waals surface area contributed by atoms with Gasteiger partial charge in [-0.3, -0.25) is 9.59 Å². The fourth-order valence-electron chi connectivity index (χ4n) is 4.55. The van der Waals surface area contributed by atoms with Crippen LogP contribution >= 0.6 is 27.5 Å². The number of alkyl halides is 2. The van der Waals surface area contributed by atoms with Crippen molar-refractivity contribution < 1.29 is 26.8 Å². The molecule has 3 unspecified atom stereocenters.